The van der Waals surface area contributed by atoms with Crippen molar-refractivity contribution in [2.45, 2.75) is 19.5 Å². The number of fused-ring (bicyclic) bond motifs is 3. The van der Waals surface area contributed by atoms with Crippen LogP contribution in [0.1, 0.15) is 6.92 Å². The zero-order chi connectivity index (χ0) is 13.4. The Morgan fingerprint density at radius 3 is 1.84 bits per heavy atom. The van der Waals surface area contributed by atoms with Gasteiger partial charge in [0.25, 0.3) is 0 Å². The molecule has 98 valence electrons. The molecule has 2 aromatic carbocycles. The molecule has 0 aliphatic carbocycles. The molecule has 0 unspecified atom stereocenters. The number of hydrogen-bond donors (Lipinski definition) is 0. The van der Waals surface area contributed by atoms with Gasteiger partial charge in [0.05, 0.1) is 0 Å². The molecule has 1 atom stereocenters. The third kappa shape index (κ3) is 2.02. The number of rotatable bonds is 3. The van der Waals surface area contributed by atoms with E-state index in [1.807, 2.05) is 0 Å². The zero-order valence-corrected chi connectivity index (χ0v) is 11.8. The summed E-state index contributed by atoms with van der Waals surface area (Å²) >= 11 is 0. The number of para-hydroxylation sites is 2. The Balaban J connectivity index is 2.25. The molecular formula is C17H20N2. The summed E-state index contributed by atoms with van der Waals surface area (Å²) in [5, 5.41) is 2.70. The van der Waals surface area contributed by atoms with Crippen LogP contribution >= 0.6 is 0 Å². The summed E-state index contributed by atoms with van der Waals surface area (Å²) in [6.45, 7) is 3.28. The van der Waals surface area contributed by atoms with Gasteiger partial charge in [0.2, 0.25) is 0 Å². The lowest BCUT2D eigenvalue weighted by Gasteiger charge is -2.21. The van der Waals surface area contributed by atoms with E-state index < -0.39 is 0 Å². The van der Waals surface area contributed by atoms with Crippen LogP contribution in [0.3, 0.4) is 0 Å². The summed E-state index contributed by atoms with van der Waals surface area (Å²) in [6, 6.07) is 17.9. The third-order valence-corrected chi connectivity index (χ3v) is 4.01. The minimum atomic E-state index is 0.513. The summed E-state index contributed by atoms with van der Waals surface area (Å²) < 4.78 is 2.44. The van der Waals surface area contributed by atoms with Crippen LogP contribution in [0.25, 0.3) is 21.8 Å². The van der Waals surface area contributed by atoms with Crippen LogP contribution in [0.15, 0.2) is 48.5 Å². The van der Waals surface area contributed by atoms with Crippen molar-refractivity contribution in [3.8, 4) is 0 Å². The van der Waals surface area contributed by atoms with Crippen molar-refractivity contribution in [1.29, 1.82) is 0 Å². The maximum Gasteiger partial charge on any atom is 0.0491 e. The number of benzene rings is 2. The fourth-order valence-corrected chi connectivity index (χ4v) is 2.63. The maximum absolute atomic E-state index is 2.44. The smallest absolute Gasteiger partial charge is 0.0491 e. The van der Waals surface area contributed by atoms with Crippen LogP contribution in [-0.4, -0.2) is 29.6 Å². The standard InChI is InChI=1S/C17H20N2/c1-13(18(2)3)12-19-16-10-6-4-8-14(16)15-9-5-7-11-17(15)19/h4-11,13H,12H2,1-3H3/t13-/m1/s1. The molecule has 0 fully saturated rings. The predicted molar refractivity (Wildman–Crippen MR) is 82.6 cm³/mol. The molecule has 3 rings (SSSR count). The third-order valence-electron chi connectivity index (χ3n) is 4.01. The van der Waals surface area contributed by atoms with Crippen molar-refractivity contribution in [1.82, 2.24) is 9.47 Å². The van der Waals surface area contributed by atoms with Gasteiger partial charge in [-0.3, -0.25) is 0 Å². The molecule has 0 spiro atoms. The molecule has 3 aromatic rings. The first kappa shape index (κ1) is 12.2. The average molecular weight is 252 g/mol. The SMILES string of the molecule is C[C@H](Cn1c2ccccc2c2ccccc21)N(C)C. The zero-order valence-electron chi connectivity index (χ0n) is 11.8. The topological polar surface area (TPSA) is 8.17 Å². The van der Waals surface area contributed by atoms with Gasteiger partial charge in [-0.05, 0) is 33.2 Å². The van der Waals surface area contributed by atoms with Crippen molar-refractivity contribution < 1.29 is 0 Å². The van der Waals surface area contributed by atoms with Crippen molar-refractivity contribution in [3.05, 3.63) is 48.5 Å². The van der Waals surface area contributed by atoms with E-state index in [4.69, 9.17) is 0 Å². The van der Waals surface area contributed by atoms with Crippen molar-refractivity contribution >= 4 is 21.8 Å². The monoisotopic (exact) mass is 252 g/mol. The lowest BCUT2D eigenvalue weighted by Crippen LogP contribution is -2.29. The van der Waals surface area contributed by atoms with E-state index in [-0.39, 0.29) is 0 Å². The summed E-state index contributed by atoms with van der Waals surface area (Å²) in [4.78, 5) is 2.27. The molecule has 1 aromatic heterocycles. The summed E-state index contributed by atoms with van der Waals surface area (Å²) in [5.74, 6) is 0. The van der Waals surface area contributed by atoms with Gasteiger partial charge in [0, 0.05) is 34.4 Å². The first-order valence-corrected chi connectivity index (χ1v) is 6.81. The van der Waals surface area contributed by atoms with Crippen molar-refractivity contribution in [3.63, 3.8) is 0 Å². The highest BCUT2D eigenvalue weighted by molar-refractivity contribution is 6.07. The molecule has 0 saturated carbocycles. The van der Waals surface area contributed by atoms with E-state index in [2.05, 4.69) is 79.0 Å². The predicted octanol–water partition coefficient (Wildman–Crippen LogP) is 3.74. The van der Waals surface area contributed by atoms with Gasteiger partial charge < -0.3 is 9.47 Å². The first-order valence-electron chi connectivity index (χ1n) is 6.81. The highest BCUT2D eigenvalue weighted by Gasteiger charge is 2.12. The molecular weight excluding hydrogens is 232 g/mol. The van der Waals surface area contributed by atoms with E-state index in [0.29, 0.717) is 6.04 Å². The number of likely N-dealkylation sites (N-methyl/N-ethyl adjacent to an activating group) is 1. The highest BCUT2D eigenvalue weighted by Crippen LogP contribution is 2.28. The van der Waals surface area contributed by atoms with Crippen LogP contribution < -0.4 is 0 Å². The van der Waals surface area contributed by atoms with Crippen LogP contribution in [0.2, 0.25) is 0 Å². The first-order chi connectivity index (χ1) is 9.18. The molecule has 0 aliphatic heterocycles. The molecule has 0 N–H and O–H groups in total. The number of aromatic nitrogens is 1. The second-order valence-corrected chi connectivity index (χ2v) is 5.46. The Labute approximate surface area is 114 Å². The molecule has 2 nitrogen and oxygen atoms in total. The van der Waals surface area contributed by atoms with Gasteiger partial charge in [-0.15, -0.1) is 0 Å². The molecule has 0 radical (unpaired) electrons. The Morgan fingerprint density at radius 1 is 0.895 bits per heavy atom. The molecule has 19 heavy (non-hydrogen) atoms. The lowest BCUT2D eigenvalue weighted by molar-refractivity contribution is 0.288. The second kappa shape index (κ2) is 4.71. The fraction of sp³-hybridized carbons (Fsp3) is 0.294. The largest absolute Gasteiger partial charge is 0.339 e. The van der Waals surface area contributed by atoms with Gasteiger partial charge in [-0.1, -0.05) is 36.4 Å². The lowest BCUT2D eigenvalue weighted by atomic mass is 10.2. The normalized spacial score (nSPS) is 13.5. The minimum Gasteiger partial charge on any atom is -0.339 e. The van der Waals surface area contributed by atoms with E-state index >= 15 is 0 Å². The van der Waals surface area contributed by atoms with Gasteiger partial charge in [0.15, 0.2) is 0 Å². The Morgan fingerprint density at radius 2 is 1.37 bits per heavy atom. The molecule has 0 saturated heterocycles. The number of nitrogens with zero attached hydrogens (tertiary/aromatic N) is 2. The van der Waals surface area contributed by atoms with Crippen LogP contribution in [0.5, 0.6) is 0 Å². The van der Waals surface area contributed by atoms with E-state index in [1.165, 1.54) is 21.8 Å². The van der Waals surface area contributed by atoms with Crippen LogP contribution in [-0.2, 0) is 6.54 Å². The van der Waals surface area contributed by atoms with Crippen LogP contribution in [0, 0.1) is 0 Å². The molecule has 0 aliphatic rings. The number of hydrogen-bond acceptors (Lipinski definition) is 1. The van der Waals surface area contributed by atoms with Gasteiger partial charge in [-0.25, -0.2) is 0 Å². The highest BCUT2D eigenvalue weighted by atomic mass is 15.1. The van der Waals surface area contributed by atoms with Gasteiger partial charge in [-0.2, -0.15) is 0 Å². The van der Waals surface area contributed by atoms with E-state index in [0.717, 1.165) is 6.54 Å². The maximum atomic E-state index is 2.44. The van der Waals surface area contributed by atoms with E-state index in [9.17, 15) is 0 Å². The average Bonchev–Trinajstić information content (AvgIpc) is 2.74. The summed E-state index contributed by atoms with van der Waals surface area (Å²) in [5.41, 5.74) is 2.66. The van der Waals surface area contributed by atoms with Gasteiger partial charge >= 0.3 is 0 Å². The Hall–Kier alpha value is -1.80. The van der Waals surface area contributed by atoms with E-state index in [1.54, 1.807) is 0 Å². The van der Waals surface area contributed by atoms with Crippen LogP contribution in [0.4, 0.5) is 0 Å². The van der Waals surface area contributed by atoms with Crippen molar-refractivity contribution in [2.75, 3.05) is 14.1 Å². The quantitative estimate of drug-likeness (QED) is 0.689. The fourth-order valence-electron chi connectivity index (χ4n) is 2.63. The Bertz CT molecular complexity index is 656. The molecule has 0 amide bonds. The minimum absolute atomic E-state index is 0.513. The summed E-state index contributed by atoms with van der Waals surface area (Å²) in [7, 11) is 4.27. The summed E-state index contributed by atoms with van der Waals surface area (Å²) in [6.07, 6.45) is 0. The van der Waals surface area contributed by atoms with Gasteiger partial charge in [0.1, 0.15) is 0 Å². The van der Waals surface area contributed by atoms with Crippen molar-refractivity contribution in [2.24, 2.45) is 0 Å². The second-order valence-electron chi connectivity index (χ2n) is 5.46. The molecule has 2 heteroatoms. The molecule has 1 heterocycles. The molecule has 0 bridgehead atoms. The Kier molecular flexibility index (Phi) is 3.03.